The third-order valence-corrected chi connectivity index (χ3v) is 3.57. The van der Waals surface area contributed by atoms with Gasteiger partial charge in [-0.2, -0.15) is 0 Å². The average Bonchev–Trinajstić information content (AvgIpc) is 2.61. The third-order valence-electron chi connectivity index (χ3n) is 3.57. The van der Waals surface area contributed by atoms with Crippen LogP contribution in [0, 0.1) is 10.1 Å². The van der Waals surface area contributed by atoms with Crippen LogP contribution in [-0.4, -0.2) is 4.92 Å². The molecule has 0 saturated heterocycles. The summed E-state index contributed by atoms with van der Waals surface area (Å²) >= 11 is 0. The van der Waals surface area contributed by atoms with E-state index in [4.69, 9.17) is 0 Å². The maximum absolute atomic E-state index is 11.7. The molecular formula is C17H13N3O4. The zero-order valence-corrected chi connectivity index (χ0v) is 12.5. The van der Waals surface area contributed by atoms with Gasteiger partial charge < -0.3 is 10.6 Å². The Bertz CT molecular complexity index is 942. The Morgan fingerprint density at radius 1 is 0.875 bits per heavy atom. The monoisotopic (exact) mass is 323 g/mol. The first-order valence-electron chi connectivity index (χ1n) is 7.19. The second-order valence-corrected chi connectivity index (χ2v) is 5.18. The topological polar surface area (TPSA) is 101 Å². The molecule has 0 unspecified atom stereocenters. The lowest BCUT2D eigenvalue weighted by Gasteiger charge is -2.14. The van der Waals surface area contributed by atoms with Crippen molar-refractivity contribution in [2.45, 2.75) is 6.54 Å². The van der Waals surface area contributed by atoms with E-state index in [9.17, 15) is 19.7 Å². The van der Waals surface area contributed by atoms with Crippen LogP contribution in [0.5, 0.6) is 0 Å². The largest absolute Gasteiger partial charge is 0.376 e. The maximum Gasteiger partial charge on any atom is 0.269 e. The SMILES string of the molecule is O=c1c(NCc2ccccc2)c(Nc2ccc([N+](=O)[O-])cc2)c1=O. The molecule has 3 aromatic carbocycles. The zero-order chi connectivity index (χ0) is 17.1. The van der Waals surface area contributed by atoms with Gasteiger partial charge in [0.05, 0.1) is 4.92 Å². The summed E-state index contributed by atoms with van der Waals surface area (Å²) in [5, 5.41) is 16.4. The van der Waals surface area contributed by atoms with Gasteiger partial charge in [0.1, 0.15) is 11.4 Å². The third kappa shape index (κ3) is 3.00. The van der Waals surface area contributed by atoms with Crippen molar-refractivity contribution in [3.05, 3.63) is 90.7 Å². The van der Waals surface area contributed by atoms with Crippen molar-refractivity contribution in [1.29, 1.82) is 0 Å². The Morgan fingerprint density at radius 2 is 1.50 bits per heavy atom. The molecule has 3 aromatic rings. The molecule has 7 nitrogen and oxygen atoms in total. The van der Waals surface area contributed by atoms with E-state index in [1.54, 1.807) is 0 Å². The fraction of sp³-hybridized carbons (Fsp3) is 0.0588. The highest BCUT2D eigenvalue weighted by atomic mass is 16.6. The van der Waals surface area contributed by atoms with Gasteiger partial charge in [0.2, 0.25) is 0 Å². The van der Waals surface area contributed by atoms with E-state index in [0.717, 1.165) is 5.56 Å². The molecule has 0 heterocycles. The molecule has 120 valence electrons. The van der Waals surface area contributed by atoms with Crippen LogP contribution in [0.25, 0.3) is 0 Å². The summed E-state index contributed by atoms with van der Waals surface area (Å²) in [6, 6.07) is 15.1. The Balaban J connectivity index is 1.75. The number of nitrogens with one attached hydrogen (secondary N) is 2. The number of hydrogen-bond donors (Lipinski definition) is 2. The standard InChI is InChI=1S/C17H13N3O4/c21-16-14(18-10-11-4-2-1-3-5-11)15(17(16)22)19-12-6-8-13(9-7-12)20(23)24/h1-9,18-19H,10H2. The van der Waals surface area contributed by atoms with E-state index in [0.29, 0.717) is 12.2 Å². The number of nitrogens with zero attached hydrogens (tertiary/aromatic N) is 1. The molecule has 0 radical (unpaired) electrons. The second kappa shape index (κ2) is 6.33. The summed E-state index contributed by atoms with van der Waals surface area (Å²) < 4.78 is 0. The van der Waals surface area contributed by atoms with Gasteiger partial charge in [0.15, 0.2) is 0 Å². The van der Waals surface area contributed by atoms with Crippen LogP contribution in [0.2, 0.25) is 0 Å². The summed E-state index contributed by atoms with van der Waals surface area (Å²) in [5.74, 6) is 0. The van der Waals surface area contributed by atoms with Crippen molar-refractivity contribution >= 4 is 22.7 Å². The van der Waals surface area contributed by atoms with Gasteiger partial charge in [-0.05, 0) is 17.7 Å². The van der Waals surface area contributed by atoms with E-state index >= 15 is 0 Å². The number of nitro benzene ring substituents is 1. The van der Waals surface area contributed by atoms with E-state index < -0.39 is 15.8 Å². The van der Waals surface area contributed by atoms with Gasteiger partial charge in [-0.3, -0.25) is 19.7 Å². The molecular weight excluding hydrogens is 310 g/mol. The highest BCUT2D eigenvalue weighted by Crippen LogP contribution is 2.23. The quantitative estimate of drug-likeness (QED) is 0.411. The number of benzene rings is 2. The normalized spacial score (nSPS) is 10.5. The van der Waals surface area contributed by atoms with Crippen molar-refractivity contribution in [3.63, 3.8) is 0 Å². The molecule has 0 spiro atoms. The van der Waals surface area contributed by atoms with Crippen LogP contribution in [-0.2, 0) is 6.54 Å². The van der Waals surface area contributed by atoms with Crippen LogP contribution in [0.15, 0.2) is 64.2 Å². The fourth-order valence-corrected chi connectivity index (χ4v) is 2.28. The number of hydrogen-bond acceptors (Lipinski definition) is 6. The van der Waals surface area contributed by atoms with Crippen LogP contribution >= 0.6 is 0 Å². The molecule has 0 aliphatic rings. The Kier molecular flexibility index (Phi) is 4.07. The Hall–Kier alpha value is -3.48. The Labute approximate surface area is 136 Å². The van der Waals surface area contributed by atoms with Gasteiger partial charge in [-0.25, -0.2) is 0 Å². The summed E-state index contributed by atoms with van der Waals surface area (Å²) in [6.45, 7) is 0.417. The second-order valence-electron chi connectivity index (χ2n) is 5.18. The maximum atomic E-state index is 11.7. The van der Waals surface area contributed by atoms with Gasteiger partial charge in [0.25, 0.3) is 16.5 Å². The predicted molar refractivity (Wildman–Crippen MR) is 91.5 cm³/mol. The molecule has 0 aliphatic heterocycles. The molecule has 0 atom stereocenters. The van der Waals surface area contributed by atoms with Gasteiger partial charge in [0, 0.05) is 24.4 Å². The number of rotatable bonds is 6. The summed E-state index contributed by atoms with van der Waals surface area (Å²) in [4.78, 5) is 33.6. The lowest BCUT2D eigenvalue weighted by molar-refractivity contribution is -0.384. The van der Waals surface area contributed by atoms with E-state index in [-0.39, 0.29) is 17.1 Å². The molecule has 3 rings (SSSR count). The molecule has 2 N–H and O–H groups in total. The molecule has 0 bridgehead atoms. The van der Waals surface area contributed by atoms with E-state index in [2.05, 4.69) is 10.6 Å². The average molecular weight is 323 g/mol. The van der Waals surface area contributed by atoms with Crippen LogP contribution in [0.4, 0.5) is 22.7 Å². The molecule has 0 aliphatic carbocycles. The minimum atomic E-state index is -0.607. The predicted octanol–water partition coefficient (Wildman–Crippen LogP) is 2.55. The van der Waals surface area contributed by atoms with Crippen molar-refractivity contribution in [3.8, 4) is 0 Å². The van der Waals surface area contributed by atoms with Crippen LogP contribution in [0.3, 0.4) is 0 Å². The first kappa shape index (κ1) is 15.4. The summed E-state index contributed by atoms with van der Waals surface area (Å²) in [5.41, 5.74) is 0.640. The summed E-state index contributed by atoms with van der Waals surface area (Å²) in [6.07, 6.45) is 0. The minimum Gasteiger partial charge on any atom is -0.376 e. The fourth-order valence-electron chi connectivity index (χ4n) is 2.28. The summed E-state index contributed by atoms with van der Waals surface area (Å²) in [7, 11) is 0. The number of anilines is 3. The molecule has 0 amide bonds. The molecule has 24 heavy (non-hydrogen) atoms. The van der Waals surface area contributed by atoms with Crippen LogP contribution < -0.4 is 21.5 Å². The van der Waals surface area contributed by atoms with Crippen molar-refractivity contribution in [1.82, 2.24) is 0 Å². The highest BCUT2D eigenvalue weighted by Gasteiger charge is 2.20. The zero-order valence-electron chi connectivity index (χ0n) is 12.5. The van der Waals surface area contributed by atoms with Crippen molar-refractivity contribution in [2.75, 3.05) is 10.6 Å². The van der Waals surface area contributed by atoms with E-state index in [1.807, 2.05) is 30.3 Å². The van der Waals surface area contributed by atoms with E-state index in [1.165, 1.54) is 24.3 Å². The molecule has 0 aromatic heterocycles. The molecule has 0 saturated carbocycles. The van der Waals surface area contributed by atoms with Crippen LogP contribution in [0.1, 0.15) is 5.56 Å². The first-order valence-corrected chi connectivity index (χ1v) is 7.19. The highest BCUT2D eigenvalue weighted by molar-refractivity contribution is 5.78. The lowest BCUT2D eigenvalue weighted by atomic mass is 10.1. The molecule has 0 fully saturated rings. The van der Waals surface area contributed by atoms with Gasteiger partial charge in [-0.1, -0.05) is 30.3 Å². The number of non-ortho nitro benzene ring substituents is 1. The minimum absolute atomic E-state index is 0.0482. The smallest absolute Gasteiger partial charge is 0.269 e. The van der Waals surface area contributed by atoms with Gasteiger partial charge in [-0.15, -0.1) is 0 Å². The molecule has 7 heteroatoms. The van der Waals surface area contributed by atoms with Crippen molar-refractivity contribution < 1.29 is 4.92 Å². The first-order chi connectivity index (χ1) is 11.6. The lowest BCUT2D eigenvalue weighted by Crippen LogP contribution is -2.36. The Morgan fingerprint density at radius 3 is 2.12 bits per heavy atom. The van der Waals surface area contributed by atoms with Gasteiger partial charge >= 0.3 is 0 Å². The van der Waals surface area contributed by atoms with Crippen molar-refractivity contribution in [2.24, 2.45) is 0 Å². The number of nitro groups is 1.